The van der Waals surface area contributed by atoms with Gasteiger partial charge in [-0.3, -0.25) is 4.79 Å². The molecule has 2 rings (SSSR count). The summed E-state index contributed by atoms with van der Waals surface area (Å²) < 4.78 is 0. The third kappa shape index (κ3) is 2.50. The van der Waals surface area contributed by atoms with Crippen molar-refractivity contribution in [2.45, 2.75) is 26.2 Å². The van der Waals surface area contributed by atoms with Crippen LogP contribution in [0.5, 0.6) is 0 Å². The van der Waals surface area contributed by atoms with E-state index in [4.69, 9.17) is 0 Å². The van der Waals surface area contributed by atoms with Gasteiger partial charge in [0.1, 0.15) is 0 Å². The van der Waals surface area contributed by atoms with E-state index >= 15 is 0 Å². The van der Waals surface area contributed by atoms with Gasteiger partial charge in [-0.25, -0.2) is 0 Å². The summed E-state index contributed by atoms with van der Waals surface area (Å²) in [5.74, 6) is 0.140. The Kier molecular flexibility index (Phi) is 3.90. The quantitative estimate of drug-likeness (QED) is 0.815. The fraction of sp³-hybridized carbons (Fsp3) is 0.533. The number of carbonyl (C=O) groups excluding carboxylic acids is 1. The molecule has 1 aromatic rings. The number of hydrogen-bond acceptors (Lipinski definition) is 2. The first-order chi connectivity index (χ1) is 8.63. The largest absolute Gasteiger partial charge is 0.374 e. The molecule has 1 aliphatic heterocycles. The maximum Gasteiger partial charge on any atom is 0.253 e. The second kappa shape index (κ2) is 5.42. The minimum atomic E-state index is 0.140. The molecular formula is C15H22N2O. The number of amides is 1. The summed E-state index contributed by atoms with van der Waals surface area (Å²) in [7, 11) is 3.98. The van der Waals surface area contributed by atoms with Crippen LogP contribution < -0.4 is 4.90 Å². The molecule has 0 unspecified atom stereocenters. The minimum Gasteiger partial charge on any atom is -0.374 e. The second-order valence-corrected chi connectivity index (χ2v) is 5.10. The van der Waals surface area contributed by atoms with E-state index in [0.29, 0.717) is 0 Å². The lowest BCUT2D eigenvalue weighted by Crippen LogP contribution is -2.27. The summed E-state index contributed by atoms with van der Waals surface area (Å²) in [4.78, 5) is 16.3. The number of anilines is 1. The molecule has 1 heterocycles. The first-order valence-electron chi connectivity index (χ1n) is 6.73. The maximum atomic E-state index is 12.2. The van der Waals surface area contributed by atoms with E-state index < -0.39 is 0 Å². The van der Waals surface area contributed by atoms with Gasteiger partial charge in [-0.05, 0) is 36.6 Å². The van der Waals surface area contributed by atoms with E-state index in [0.717, 1.165) is 37.9 Å². The summed E-state index contributed by atoms with van der Waals surface area (Å²) in [6, 6.07) is 6.08. The minimum absolute atomic E-state index is 0.140. The number of fused-ring (bicyclic) bond motifs is 1. The van der Waals surface area contributed by atoms with Crippen molar-refractivity contribution >= 4 is 11.6 Å². The van der Waals surface area contributed by atoms with Crippen LogP contribution in [0.1, 0.15) is 35.7 Å². The van der Waals surface area contributed by atoms with E-state index in [9.17, 15) is 4.79 Å². The molecular weight excluding hydrogens is 224 g/mol. The van der Waals surface area contributed by atoms with E-state index in [2.05, 4.69) is 31.0 Å². The monoisotopic (exact) mass is 246 g/mol. The van der Waals surface area contributed by atoms with Crippen LogP contribution in [-0.2, 0) is 6.42 Å². The lowest BCUT2D eigenvalue weighted by atomic mass is 10.1. The Balaban J connectivity index is 2.12. The normalized spacial score (nSPS) is 13.6. The second-order valence-electron chi connectivity index (χ2n) is 5.10. The maximum absolute atomic E-state index is 12.2. The van der Waals surface area contributed by atoms with Crippen molar-refractivity contribution in [2.75, 3.05) is 32.1 Å². The summed E-state index contributed by atoms with van der Waals surface area (Å²) in [5, 5.41) is 0. The molecule has 0 spiro atoms. The van der Waals surface area contributed by atoms with Crippen LogP contribution in [0, 0.1) is 0 Å². The Morgan fingerprint density at radius 2 is 2.22 bits per heavy atom. The topological polar surface area (TPSA) is 23.6 Å². The SMILES string of the molecule is CCCCN(C)C(=O)c1ccc2c(c1)CCN2C. The van der Waals surface area contributed by atoms with Crippen molar-refractivity contribution in [1.82, 2.24) is 4.90 Å². The van der Waals surface area contributed by atoms with Gasteiger partial charge in [0.25, 0.3) is 5.91 Å². The first-order valence-corrected chi connectivity index (χ1v) is 6.73. The highest BCUT2D eigenvalue weighted by molar-refractivity contribution is 5.95. The molecule has 3 nitrogen and oxygen atoms in total. The van der Waals surface area contributed by atoms with Gasteiger partial charge < -0.3 is 9.80 Å². The molecule has 0 atom stereocenters. The molecule has 0 bridgehead atoms. The van der Waals surface area contributed by atoms with Crippen molar-refractivity contribution in [1.29, 1.82) is 0 Å². The van der Waals surface area contributed by atoms with Crippen LogP contribution in [-0.4, -0.2) is 38.0 Å². The summed E-state index contributed by atoms with van der Waals surface area (Å²) in [5.41, 5.74) is 3.39. The Hall–Kier alpha value is -1.51. The first kappa shape index (κ1) is 12.9. The van der Waals surface area contributed by atoms with Crippen LogP contribution in [0.3, 0.4) is 0 Å². The van der Waals surface area contributed by atoms with Crippen LogP contribution >= 0.6 is 0 Å². The average Bonchev–Trinajstić information content (AvgIpc) is 2.76. The zero-order valence-corrected chi connectivity index (χ0v) is 11.6. The number of unbranched alkanes of at least 4 members (excludes halogenated alkanes) is 1. The summed E-state index contributed by atoms with van der Waals surface area (Å²) >= 11 is 0. The molecule has 0 saturated carbocycles. The number of hydrogen-bond donors (Lipinski definition) is 0. The number of nitrogens with zero attached hydrogens (tertiary/aromatic N) is 2. The zero-order chi connectivity index (χ0) is 13.1. The molecule has 98 valence electrons. The van der Waals surface area contributed by atoms with Crippen LogP contribution in [0.2, 0.25) is 0 Å². The zero-order valence-electron chi connectivity index (χ0n) is 11.6. The van der Waals surface area contributed by atoms with Gasteiger partial charge in [-0.15, -0.1) is 0 Å². The lowest BCUT2D eigenvalue weighted by Gasteiger charge is -2.18. The third-order valence-electron chi connectivity index (χ3n) is 3.65. The summed E-state index contributed by atoms with van der Waals surface area (Å²) in [6.07, 6.45) is 3.23. The van der Waals surface area contributed by atoms with Crippen molar-refractivity contribution < 1.29 is 4.79 Å². The van der Waals surface area contributed by atoms with E-state index in [1.165, 1.54) is 11.3 Å². The molecule has 0 aromatic heterocycles. The molecule has 0 fully saturated rings. The van der Waals surface area contributed by atoms with Gasteiger partial charge in [0.15, 0.2) is 0 Å². The van der Waals surface area contributed by atoms with Crippen LogP contribution in [0.4, 0.5) is 5.69 Å². The highest BCUT2D eigenvalue weighted by Crippen LogP contribution is 2.27. The van der Waals surface area contributed by atoms with Crippen molar-refractivity contribution in [3.05, 3.63) is 29.3 Å². The highest BCUT2D eigenvalue weighted by atomic mass is 16.2. The van der Waals surface area contributed by atoms with Gasteiger partial charge in [0.05, 0.1) is 0 Å². The van der Waals surface area contributed by atoms with E-state index in [-0.39, 0.29) is 5.91 Å². The molecule has 1 aromatic carbocycles. The predicted octanol–water partition coefficient (Wildman–Crippen LogP) is 2.55. The molecule has 1 aliphatic rings. The summed E-state index contributed by atoms with van der Waals surface area (Å²) in [6.45, 7) is 4.04. The number of rotatable bonds is 4. The van der Waals surface area contributed by atoms with Gasteiger partial charge in [0.2, 0.25) is 0 Å². The average molecular weight is 246 g/mol. The Bertz CT molecular complexity index is 442. The van der Waals surface area contributed by atoms with Gasteiger partial charge in [0, 0.05) is 38.4 Å². The van der Waals surface area contributed by atoms with E-state index in [1.54, 1.807) is 0 Å². The van der Waals surface area contributed by atoms with Crippen LogP contribution in [0.25, 0.3) is 0 Å². The Labute approximate surface area is 109 Å². The highest BCUT2D eigenvalue weighted by Gasteiger charge is 2.18. The lowest BCUT2D eigenvalue weighted by molar-refractivity contribution is 0.0793. The van der Waals surface area contributed by atoms with Gasteiger partial charge >= 0.3 is 0 Å². The van der Waals surface area contributed by atoms with Crippen LogP contribution in [0.15, 0.2) is 18.2 Å². The number of benzene rings is 1. The predicted molar refractivity (Wildman–Crippen MR) is 75.3 cm³/mol. The Morgan fingerprint density at radius 3 is 2.94 bits per heavy atom. The third-order valence-corrected chi connectivity index (χ3v) is 3.65. The van der Waals surface area contributed by atoms with Gasteiger partial charge in [-0.2, -0.15) is 0 Å². The fourth-order valence-electron chi connectivity index (χ4n) is 2.42. The molecule has 0 N–H and O–H groups in total. The molecule has 18 heavy (non-hydrogen) atoms. The molecule has 0 saturated heterocycles. The number of likely N-dealkylation sites (N-methyl/N-ethyl adjacent to an activating group) is 1. The Morgan fingerprint density at radius 1 is 1.44 bits per heavy atom. The van der Waals surface area contributed by atoms with Crippen molar-refractivity contribution in [3.8, 4) is 0 Å². The molecule has 0 radical (unpaired) electrons. The standard InChI is InChI=1S/C15H22N2O/c1-4-5-9-17(3)15(18)13-6-7-14-12(11-13)8-10-16(14)2/h6-7,11H,4-5,8-10H2,1-3H3. The van der Waals surface area contributed by atoms with Gasteiger partial charge in [-0.1, -0.05) is 13.3 Å². The molecule has 0 aliphatic carbocycles. The van der Waals surface area contributed by atoms with Crippen molar-refractivity contribution in [3.63, 3.8) is 0 Å². The molecule has 1 amide bonds. The fourth-order valence-corrected chi connectivity index (χ4v) is 2.42. The smallest absolute Gasteiger partial charge is 0.253 e. The van der Waals surface area contributed by atoms with Crippen molar-refractivity contribution in [2.24, 2.45) is 0 Å². The molecule has 3 heteroatoms. The number of carbonyl (C=O) groups is 1. The van der Waals surface area contributed by atoms with E-state index in [1.807, 2.05) is 18.0 Å².